The quantitative estimate of drug-likeness (QED) is 0.785. The number of aliphatic carboxylic acids is 1. The van der Waals surface area contributed by atoms with Gasteiger partial charge < -0.3 is 14.7 Å². The topological polar surface area (TPSA) is 66.8 Å². The number of methoxy groups -OCH3 is 1. The van der Waals surface area contributed by atoms with Crippen LogP contribution in [0.1, 0.15) is 0 Å². The Labute approximate surface area is 121 Å². The second-order valence-corrected chi connectivity index (χ2v) is 5.46. The van der Waals surface area contributed by atoms with Gasteiger partial charge in [0.1, 0.15) is 16.6 Å². The molecule has 108 valence electrons. The summed E-state index contributed by atoms with van der Waals surface area (Å²) < 4.78 is 32.4. The van der Waals surface area contributed by atoms with Gasteiger partial charge in [-0.3, -0.25) is 0 Å². The lowest BCUT2D eigenvalue weighted by Crippen LogP contribution is -2.48. The molecule has 2 rings (SSSR count). The van der Waals surface area contributed by atoms with E-state index in [-0.39, 0.29) is 16.8 Å². The Morgan fingerprint density at radius 1 is 1.55 bits per heavy atom. The Bertz CT molecular complexity index is 573. The summed E-state index contributed by atoms with van der Waals surface area (Å²) in [5.41, 5.74) is -0.583. The highest BCUT2D eigenvalue weighted by Crippen LogP contribution is 2.49. The fourth-order valence-electron chi connectivity index (χ4n) is 1.81. The van der Waals surface area contributed by atoms with Crippen LogP contribution in [-0.4, -0.2) is 40.4 Å². The van der Waals surface area contributed by atoms with Crippen LogP contribution in [0.3, 0.4) is 0 Å². The van der Waals surface area contributed by atoms with Crippen molar-refractivity contribution in [3.63, 3.8) is 0 Å². The Kier molecular flexibility index (Phi) is 3.79. The molecule has 0 aliphatic carbocycles. The summed E-state index contributed by atoms with van der Waals surface area (Å²) >= 11 is 5.58. The van der Waals surface area contributed by atoms with Crippen molar-refractivity contribution in [1.82, 2.24) is 4.90 Å². The highest BCUT2D eigenvalue weighted by Gasteiger charge is 2.52. The van der Waals surface area contributed by atoms with Crippen LogP contribution >= 0.6 is 23.4 Å². The Morgan fingerprint density at radius 2 is 2.20 bits per heavy atom. The largest absolute Gasteiger partial charge is 0.477 e. The van der Waals surface area contributed by atoms with Gasteiger partial charge >= 0.3 is 17.2 Å². The number of hydrogen-bond acceptors (Lipinski definition) is 5. The molecular formula is C11H8ClF2NO4S. The van der Waals surface area contributed by atoms with Gasteiger partial charge in [-0.2, -0.15) is 8.78 Å². The van der Waals surface area contributed by atoms with Crippen LogP contribution in [0, 0.1) is 0 Å². The maximum Gasteiger partial charge on any atom is 0.354 e. The lowest BCUT2D eigenvalue weighted by atomic mass is 10.1. The number of fused-ring (bicyclic) bond motifs is 1. The number of hydrogen-bond donors (Lipinski definition) is 1. The number of nitrogens with zero attached hydrogens (tertiary/aromatic N) is 1. The third-order valence-corrected chi connectivity index (χ3v) is 3.93. The summed E-state index contributed by atoms with van der Waals surface area (Å²) in [6.45, 7) is 0. The molecule has 1 atom stereocenters. The molecule has 0 saturated carbocycles. The fourth-order valence-corrected chi connectivity index (χ4v) is 3.03. The van der Waals surface area contributed by atoms with E-state index in [1.54, 1.807) is 0 Å². The second-order valence-electron chi connectivity index (χ2n) is 3.86. The van der Waals surface area contributed by atoms with Crippen molar-refractivity contribution in [1.29, 1.82) is 0 Å². The van der Waals surface area contributed by atoms with Gasteiger partial charge in [0.25, 0.3) is 0 Å². The molecule has 0 amide bonds. The molecule has 0 aromatic rings. The van der Waals surface area contributed by atoms with Crippen molar-refractivity contribution in [3.8, 4) is 0 Å². The zero-order valence-corrected chi connectivity index (χ0v) is 11.5. The SMILES string of the molecule is COC(=O)C1=C(C(=O)O)N2C=C(Cl)C=CC2C(F)(F)S1. The van der Waals surface area contributed by atoms with Gasteiger partial charge in [-0.05, 0) is 17.8 Å². The molecule has 0 spiro atoms. The smallest absolute Gasteiger partial charge is 0.354 e. The van der Waals surface area contributed by atoms with Crippen LogP contribution in [0.2, 0.25) is 0 Å². The molecule has 0 radical (unpaired) electrons. The minimum atomic E-state index is -3.40. The molecule has 0 aromatic carbocycles. The van der Waals surface area contributed by atoms with Gasteiger partial charge in [0.05, 0.1) is 12.1 Å². The Hall–Kier alpha value is -1.54. The van der Waals surface area contributed by atoms with Crippen molar-refractivity contribution in [2.45, 2.75) is 11.3 Å². The number of allylic oxidation sites excluding steroid dienone is 2. The van der Waals surface area contributed by atoms with E-state index in [0.717, 1.165) is 24.3 Å². The Morgan fingerprint density at radius 3 is 2.75 bits per heavy atom. The van der Waals surface area contributed by atoms with Gasteiger partial charge in [-0.25, -0.2) is 9.59 Å². The van der Waals surface area contributed by atoms with E-state index in [2.05, 4.69) is 4.74 Å². The first kappa shape index (κ1) is 14.9. The van der Waals surface area contributed by atoms with Crippen molar-refractivity contribution < 1.29 is 28.2 Å². The van der Waals surface area contributed by atoms with Gasteiger partial charge in [0, 0.05) is 6.20 Å². The van der Waals surface area contributed by atoms with Crippen LogP contribution in [0.4, 0.5) is 8.78 Å². The van der Waals surface area contributed by atoms with E-state index >= 15 is 0 Å². The number of halogens is 3. The molecule has 1 N–H and O–H groups in total. The molecule has 0 saturated heterocycles. The summed E-state index contributed by atoms with van der Waals surface area (Å²) in [5, 5.41) is 5.87. The predicted octanol–water partition coefficient (Wildman–Crippen LogP) is 2.12. The zero-order valence-electron chi connectivity index (χ0n) is 9.97. The van der Waals surface area contributed by atoms with E-state index in [1.165, 1.54) is 6.08 Å². The van der Waals surface area contributed by atoms with E-state index in [9.17, 15) is 23.5 Å². The minimum Gasteiger partial charge on any atom is -0.477 e. The highest BCUT2D eigenvalue weighted by molar-refractivity contribution is 8.05. The molecule has 2 aliphatic heterocycles. The van der Waals surface area contributed by atoms with Gasteiger partial charge in [0.15, 0.2) is 0 Å². The Balaban J connectivity index is 2.63. The van der Waals surface area contributed by atoms with Crippen LogP contribution in [0.5, 0.6) is 0 Å². The van der Waals surface area contributed by atoms with E-state index in [1.807, 2.05) is 0 Å². The van der Waals surface area contributed by atoms with Gasteiger partial charge in [0.2, 0.25) is 0 Å². The predicted molar refractivity (Wildman–Crippen MR) is 67.9 cm³/mol. The number of carboxylic acids is 1. The van der Waals surface area contributed by atoms with Crippen molar-refractivity contribution in [2.24, 2.45) is 0 Å². The summed E-state index contributed by atoms with van der Waals surface area (Å²) in [5.74, 6) is -2.65. The second kappa shape index (κ2) is 5.10. The molecule has 20 heavy (non-hydrogen) atoms. The van der Waals surface area contributed by atoms with Crippen molar-refractivity contribution in [3.05, 3.63) is 34.0 Å². The van der Waals surface area contributed by atoms with E-state index in [4.69, 9.17) is 11.6 Å². The number of thioether (sulfide) groups is 1. The van der Waals surface area contributed by atoms with Crippen LogP contribution in [0.25, 0.3) is 0 Å². The average molecular weight is 324 g/mol. The molecule has 2 aliphatic rings. The lowest BCUT2D eigenvalue weighted by Gasteiger charge is -2.40. The number of carbonyl (C=O) groups is 2. The first-order valence-electron chi connectivity index (χ1n) is 5.24. The maximum absolute atomic E-state index is 14.0. The first-order valence-corrected chi connectivity index (χ1v) is 6.44. The summed E-state index contributed by atoms with van der Waals surface area (Å²) in [6.07, 6.45) is 3.39. The molecular weight excluding hydrogens is 316 g/mol. The lowest BCUT2D eigenvalue weighted by molar-refractivity contribution is -0.139. The van der Waals surface area contributed by atoms with E-state index in [0.29, 0.717) is 0 Å². The molecule has 2 heterocycles. The number of carbonyl (C=O) groups excluding carboxylic acids is 1. The highest BCUT2D eigenvalue weighted by atomic mass is 35.5. The summed E-state index contributed by atoms with van der Waals surface area (Å²) in [4.78, 5) is 22.9. The molecule has 0 aromatic heterocycles. The number of carboxylic acid groups (broad SMARTS) is 1. The van der Waals surface area contributed by atoms with Crippen LogP contribution in [-0.2, 0) is 14.3 Å². The molecule has 5 nitrogen and oxygen atoms in total. The van der Waals surface area contributed by atoms with Crippen molar-refractivity contribution in [2.75, 3.05) is 7.11 Å². The minimum absolute atomic E-state index is 0.0758. The fraction of sp³-hybridized carbons (Fsp3) is 0.273. The number of alkyl halides is 2. The number of esters is 1. The maximum atomic E-state index is 14.0. The van der Waals surface area contributed by atoms with Crippen molar-refractivity contribution >= 4 is 35.3 Å². The van der Waals surface area contributed by atoms with Gasteiger partial charge in [-0.15, -0.1) is 0 Å². The normalized spacial score (nSPS) is 24.1. The summed E-state index contributed by atoms with van der Waals surface area (Å²) in [6, 6.07) is -1.53. The summed E-state index contributed by atoms with van der Waals surface area (Å²) in [7, 11) is 0.985. The zero-order chi connectivity index (χ0) is 15.1. The first-order chi connectivity index (χ1) is 9.27. The number of ether oxygens (including phenoxy) is 1. The molecule has 9 heteroatoms. The molecule has 1 unspecified atom stereocenters. The number of rotatable bonds is 2. The van der Waals surface area contributed by atoms with Crippen LogP contribution in [0.15, 0.2) is 34.0 Å². The third-order valence-electron chi connectivity index (χ3n) is 2.63. The monoisotopic (exact) mass is 323 g/mol. The van der Waals surface area contributed by atoms with Crippen LogP contribution < -0.4 is 0 Å². The average Bonchev–Trinajstić information content (AvgIpc) is 2.35. The van der Waals surface area contributed by atoms with E-state index < -0.39 is 33.8 Å². The third kappa shape index (κ3) is 2.40. The molecule has 0 bridgehead atoms. The molecule has 0 fully saturated rings. The van der Waals surface area contributed by atoms with Gasteiger partial charge in [-0.1, -0.05) is 17.7 Å². The standard InChI is InChI=1S/C11H8ClF2NO4S/c1-19-10(18)8-7(9(16)17)15-4-5(12)2-3-6(15)11(13,14)20-8/h2-4,6H,1H3,(H,16,17).